The van der Waals surface area contributed by atoms with E-state index in [1.807, 2.05) is 47.4 Å². The van der Waals surface area contributed by atoms with E-state index in [-0.39, 0.29) is 24.5 Å². The minimum atomic E-state index is -0.740. The third-order valence-corrected chi connectivity index (χ3v) is 7.09. The van der Waals surface area contributed by atoms with E-state index in [1.54, 1.807) is 7.11 Å². The number of hydrogen-bond donors (Lipinski definition) is 0. The SMILES string of the molecule is COc1ccc(CN(C(=O)COC(=O)C2(c3ccc4c(c3)OCCO4)CCCC2)C2CC2)cc1. The van der Waals surface area contributed by atoms with Crippen LogP contribution in [-0.4, -0.2) is 49.7 Å². The van der Waals surface area contributed by atoms with Gasteiger partial charge in [0.2, 0.25) is 0 Å². The largest absolute Gasteiger partial charge is 0.497 e. The van der Waals surface area contributed by atoms with E-state index in [1.165, 1.54) is 0 Å². The molecule has 7 nitrogen and oxygen atoms in total. The Balaban J connectivity index is 1.27. The summed E-state index contributed by atoms with van der Waals surface area (Å²) < 4.78 is 22.3. The fraction of sp³-hybridized carbons (Fsp3) is 0.481. The molecule has 1 aliphatic heterocycles. The van der Waals surface area contributed by atoms with E-state index in [4.69, 9.17) is 18.9 Å². The number of rotatable bonds is 8. The fourth-order valence-electron chi connectivity index (χ4n) is 5.01. The normalized spacial score (nSPS) is 18.3. The number of benzene rings is 2. The summed E-state index contributed by atoms with van der Waals surface area (Å²) in [5, 5.41) is 0. The number of hydrogen-bond acceptors (Lipinski definition) is 6. The predicted molar refractivity (Wildman–Crippen MR) is 125 cm³/mol. The highest BCUT2D eigenvalue weighted by atomic mass is 16.6. The highest BCUT2D eigenvalue weighted by molar-refractivity contribution is 5.87. The monoisotopic (exact) mass is 465 g/mol. The van der Waals surface area contributed by atoms with Gasteiger partial charge >= 0.3 is 5.97 Å². The number of carbonyl (C=O) groups is 2. The molecule has 0 aromatic heterocycles. The second-order valence-electron chi connectivity index (χ2n) is 9.32. The van der Waals surface area contributed by atoms with E-state index in [2.05, 4.69) is 0 Å². The van der Waals surface area contributed by atoms with Crippen LogP contribution in [0.5, 0.6) is 17.2 Å². The first kappa shape index (κ1) is 22.6. The summed E-state index contributed by atoms with van der Waals surface area (Å²) in [7, 11) is 1.63. The molecule has 180 valence electrons. The maximum Gasteiger partial charge on any atom is 0.317 e. The quantitative estimate of drug-likeness (QED) is 0.549. The molecule has 5 rings (SSSR count). The smallest absolute Gasteiger partial charge is 0.317 e. The Morgan fingerprint density at radius 2 is 1.71 bits per heavy atom. The van der Waals surface area contributed by atoms with E-state index in [9.17, 15) is 9.59 Å². The molecule has 7 heteroatoms. The van der Waals surface area contributed by atoms with E-state index >= 15 is 0 Å². The first-order valence-electron chi connectivity index (χ1n) is 12.1. The van der Waals surface area contributed by atoms with E-state index in [0.717, 1.165) is 42.6 Å². The molecule has 0 spiro atoms. The van der Waals surface area contributed by atoms with Crippen LogP contribution in [0.1, 0.15) is 49.7 Å². The van der Waals surface area contributed by atoms with Crippen molar-refractivity contribution >= 4 is 11.9 Å². The second kappa shape index (κ2) is 9.57. The number of fused-ring (bicyclic) bond motifs is 1. The summed E-state index contributed by atoms with van der Waals surface area (Å²) in [6, 6.07) is 13.6. The van der Waals surface area contributed by atoms with Gasteiger partial charge in [-0.05, 0) is 61.1 Å². The van der Waals surface area contributed by atoms with Crippen LogP contribution in [0.25, 0.3) is 0 Å². The number of nitrogens with zero attached hydrogens (tertiary/aromatic N) is 1. The molecule has 0 radical (unpaired) electrons. The molecule has 2 saturated carbocycles. The Hall–Kier alpha value is -3.22. The Morgan fingerprint density at radius 3 is 2.38 bits per heavy atom. The van der Waals surface area contributed by atoms with Crippen molar-refractivity contribution in [2.45, 2.75) is 56.5 Å². The summed E-state index contributed by atoms with van der Waals surface area (Å²) in [6.45, 7) is 1.28. The van der Waals surface area contributed by atoms with Crippen LogP contribution < -0.4 is 14.2 Å². The Morgan fingerprint density at radius 1 is 1.00 bits per heavy atom. The molecule has 34 heavy (non-hydrogen) atoms. The lowest BCUT2D eigenvalue weighted by Gasteiger charge is -2.29. The number of carbonyl (C=O) groups excluding carboxylic acids is 2. The molecule has 2 fully saturated rings. The van der Waals surface area contributed by atoms with Crippen molar-refractivity contribution < 1.29 is 28.5 Å². The van der Waals surface area contributed by atoms with Crippen LogP contribution in [0.3, 0.4) is 0 Å². The molecular weight excluding hydrogens is 434 g/mol. The minimum Gasteiger partial charge on any atom is -0.497 e. The molecule has 2 aromatic rings. The molecule has 0 saturated heterocycles. The van der Waals surface area contributed by atoms with Gasteiger partial charge in [0.1, 0.15) is 19.0 Å². The Bertz CT molecular complexity index is 1040. The molecule has 2 aromatic carbocycles. The first-order chi connectivity index (χ1) is 16.6. The lowest BCUT2D eigenvalue weighted by Crippen LogP contribution is -2.40. The van der Waals surface area contributed by atoms with Gasteiger partial charge in [-0.25, -0.2) is 0 Å². The predicted octanol–water partition coefficient (Wildman–Crippen LogP) is 4.01. The molecule has 0 atom stereocenters. The van der Waals surface area contributed by atoms with E-state index < -0.39 is 5.41 Å². The van der Waals surface area contributed by atoms with Gasteiger partial charge in [0.05, 0.1) is 12.5 Å². The maximum atomic E-state index is 13.4. The molecular formula is C27H31NO6. The highest BCUT2D eigenvalue weighted by Crippen LogP contribution is 2.45. The lowest BCUT2D eigenvalue weighted by molar-refractivity contribution is -0.157. The van der Waals surface area contributed by atoms with Crippen LogP contribution >= 0.6 is 0 Å². The molecule has 1 amide bonds. The van der Waals surface area contributed by atoms with Crippen LogP contribution in [0.4, 0.5) is 0 Å². The topological polar surface area (TPSA) is 74.3 Å². The number of amides is 1. The van der Waals surface area contributed by atoms with Gasteiger partial charge in [-0.1, -0.05) is 31.0 Å². The van der Waals surface area contributed by atoms with Gasteiger partial charge in [0, 0.05) is 12.6 Å². The van der Waals surface area contributed by atoms with Crippen molar-refractivity contribution in [1.82, 2.24) is 4.90 Å². The van der Waals surface area contributed by atoms with Crippen molar-refractivity contribution in [3.8, 4) is 17.2 Å². The minimum absolute atomic E-state index is 0.151. The molecule has 1 heterocycles. The van der Waals surface area contributed by atoms with Gasteiger partial charge in [0.25, 0.3) is 5.91 Å². The van der Waals surface area contributed by atoms with Crippen molar-refractivity contribution in [3.63, 3.8) is 0 Å². The average Bonchev–Trinajstić information content (AvgIpc) is 3.60. The van der Waals surface area contributed by atoms with Gasteiger partial charge in [-0.2, -0.15) is 0 Å². The molecule has 2 aliphatic carbocycles. The molecule has 0 N–H and O–H groups in total. The van der Waals surface area contributed by atoms with Crippen LogP contribution in [0.15, 0.2) is 42.5 Å². The summed E-state index contributed by atoms with van der Waals surface area (Å²) in [5.41, 5.74) is 1.16. The van der Waals surface area contributed by atoms with Gasteiger partial charge in [0.15, 0.2) is 18.1 Å². The summed E-state index contributed by atoms with van der Waals surface area (Å²) in [6.07, 6.45) is 5.27. The van der Waals surface area contributed by atoms with Gasteiger partial charge < -0.3 is 23.8 Å². The first-order valence-corrected chi connectivity index (χ1v) is 12.1. The third kappa shape index (κ3) is 4.56. The number of ether oxygens (including phenoxy) is 4. The zero-order valence-electron chi connectivity index (χ0n) is 19.6. The Labute approximate surface area is 199 Å². The average molecular weight is 466 g/mol. The molecule has 0 unspecified atom stereocenters. The summed E-state index contributed by atoms with van der Waals surface area (Å²) in [4.78, 5) is 28.3. The van der Waals surface area contributed by atoms with Gasteiger partial charge in [-0.15, -0.1) is 0 Å². The van der Waals surface area contributed by atoms with Crippen LogP contribution in [0, 0.1) is 0 Å². The highest BCUT2D eigenvalue weighted by Gasteiger charge is 2.45. The zero-order chi connectivity index (χ0) is 23.5. The second-order valence-corrected chi connectivity index (χ2v) is 9.32. The number of esters is 1. The van der Waals surface area contributed by atoms with Crippen molar-refractivity contribution in [3.05, 3.63) is 53.6 Å². The fourth-order valence-corrected chi connectivity index (χ4v) is 5.01. The van der Waals surface area contributed by atoms with Crippen molar-refractivity contribution in [1.29, 1.82) is 0 Å². The lowest BCUT2D eigenvalue weighted by atomic mass is 9.78. The summed E-state index contributed by atoms with van der Waals surface area (Å²) >= 11 is 0. The number of methoxy groups -OCH3 is 1. The van der Waals surface area contributed by atoms with Crippen molar-refractivity contribution in [2.24, 2.45) is 0 Å². The molecule has 0 bridgehead atoms. The van der Waals surface area contributed by atoms with Crippen LogP contribution in [0.2, 0.25) is 0 Å². The zero-order valence-corrected chi connectivity index (χ0v) is 19.6. The standard InChI is InChI=1S/C27H31NO6/c1-31-22-9-4-19(5-10-22)17-28(21-7-8-21)25(29)18-34-26(30)27(12-2-3-13-27)20-6-11-23-24(16-20)33-15-14-32-23/h4-6,9-11,16,21H,2-3,7-8,12-15,17-18H2,1H3. The third-order valence-electron chi connectivity index (χ3n) is 7.09. The molecule has 3 aliphatic rings. The Kier molecular flexibility index (Phi) is 6.35. The van der Waals surface area contributed by atoms with Crippen LogP contribution in [-0.2, 0) is 26.3 Å². The van der Waals surface area contributed by atoms with Gasteiger partial charge in [-0.3, -0.25) is 9.59 Å². The maximum absolute atomic E-state index is 13.4. The van der Waals surface area contributed by atoms with Crippen molar-refractivity contribution in [2.75, 3.05) is 26.9 Å². The van der Waals surface area contributed by atoms with E-state index in [0.29, 0.717) is 44.1 Å². The summed E-state index contributed by atoms with van der Waals surface area (Å²) in [5.74, 6) is 1.67.